The first-order valence-corrected chi connectivity index (χ1v) is 7.62. The van der Waals surface area contributed by atoms with Gasteiger partial charge in [-0.1, -0.05) is 6.92 Å². The fourth-order valence-electron chi connectivity index (χ4n) is 2.69. The molecular formula is C17H23NO5. The molecule has 0 aromatic heterocycles. The van der Waals surface area contributed by atoms with E-state index in [1.807, 2.05) is 0 Å². The van der Waals surface area contributed by atoms with Gasteiger partial charge in [0, 0.05) is 24.1 Å². The highest BCUT2D eigenvalue weighted by Crippen LogP contribution is 2.27. The molecule has 1 aliphatic heterocycles. The van der Waals surface area contributed by atoms with E-state index in [2.05, 4.69) is 12.2 Å². The molecule has 0 spiro atoms. The van der Waals surface area contributed by atoms with Crippen LogP contribution in [-0.2, 0) is 9.53 Å². The Morgan fingerprint density at radius 1 is 1.35 bits per heavy atom. The predicted octanol–water partition coefficient (Wildman–Crippen LogP) is 1.92. The lowest BCUT2D eigenvalue weighted by Gasteiger charge is -2.22. The molecule has 2 N–H and O–H groups in total. The van der Waals surface area contributed by atoms with Crippen molar-refractivity contribution in [3.8, 4) is 5.75 Å². The number of ether oxygens (including phenoxy) is 2. The minimum absolute atomic E-state index is 0.00963. The monoisotopic (exact) mass is 321 g/mol. The van der Waals surface area contributed by atoms with E-state index >= 15 is 0 Å². The number of nitrogens with one attached hydrogen (secondary N) is 1. The number of carboxylic acid groups (broad SMARTS) is 1. The largest absolute Gasteiger partial charge is 0.481 e. The van der Waals surface area contributed by atoms with Gasteiger partial charge in [-0.25, -0.2) is 4.79 Å². The molecular weight excluding hydrogens is 298 g/mol. The normalized spacial score (nSPS) is 20.3. The highest BCUT2D eigenvalue weighted by atomic mass is 16.5. The third kappa shape index (κ3) is 4.45. The zero-order valence-electron chi connectivity index (χ0n) is 13.8. The Morgan fingerprint density at radius 2 is 2.00 bits per heavy atom. The van der Waals surface area contributed by atoms with Crippen molar-refractivity contribution in [1.82, 2.24) is 5.32 Å². The number of carbonyl (C=O) groups excluding carboxylic acids is 1. The molecule has 1 saturated heterocycles. The summed E-state index contributed by atoms with van der Waals surface area (Å²) in [4.78, 5) is 23.0. The summed E-state index contributed by atoms with van der Waals surface area (Å²) >= 11 is 0. The Hall–Kier alpha value is -2.08. The van der Waals surface area contributed by atoms with Gasteiger partial charge >= 0.3 is 5.97 Å². The molecule has 0 radical (unpaired) electrons. The third-order valence-corrected chi connectivity index (χ3v) is 4.04. The molecule has 1 aliphatic rings. The van der Waals surface area contributed by atoms with Gasteiger partial charge in [-0.3, -0.25) is 4.79 Å². The second kappa shape index (κ2) is 7.00. The summed E-state index contributed by atoms with van der Waals surface area (Å²) in [6, 6.07) is 3.43. The van der Waals surface area contributed by atoms with Crippen LogP contribution in [0.25, 0.3) is 0 Å². The highest BCUT2D eigenvalue weighted by Gasteiger charge is 2.30. The first kappa shape index (κ1) is 17.3. The van der Waals surface area contributed by atoms with Crippen LogP contribution in [-0.4, -0.2) is 43.3 Å². The fraction of sp³-hybridized carbons (Fsp3) is 0.529. The summed E-state index contributed by atoms with van der Waals surface area (Å²) in [5, 5.41) is 11.6. The molecule has 1 amide bonds. The summed E-state index contributed by atoms with van der Waals surface area (Å²) in [6.45, 7) is 7.26. The van der Waals surface area contributed by atoms with Crippen molar-refractivity contribution < 1.29 is 24.2 Å². The Bertz CT molecular complexity index is 582. The first-order valence-electron chi connectivity index (χ1n) is 7.62. The number of hydrogen-bond donors (Lipinski definition) is 2. The average molecular weight is 321 g/mol. The number of aryl methyl sites for hydroxylation is 2. The summed E-state index contributed by atoms with van der Waals surface area (Å²) in [5.41, 5.74) is 2.02. The van der Waals surface area contributed by atoms with E-state index in [1.165, 1.54) is 0 Å². The SMILES string of the molecule is Cc1cc(C(=O)NCC2(C)CCOC2)cc(C)c1OCC(=O)O. The van der Waals surface area contributed by atoms with Gasteiger partial charge in [0.2, 0.25) is 0 Å². The molecule has 1 aromatic carbocycles. The summed E-state index contributed by atoms with van der Waals surface area (Å²) in [7, 11) is 0. The van der Waals surface area contributed by atoms with Crippen molar-refractivity contribution in [2.45, 2.75) is 27.2 Å². The Labute approximate surface area is 135 Å². The highest BCUT2D eigenvalue weighted by molar-refractivity contribution is 5.95. The lowest BCUT2D eigenvalue weighted by molar-refractivity contribution is -0.139. The van der Waals surface area contributed by atoms with Crippen LogP contribution in [0.15, 0.2) is 12.1 Å². The van der Waals surface area contributed by atoms with Crippen molar-refractivity contribution in [2.75, 3.05) is 26.4 Å². The maximum Gasteiger partial charge on any atom is 0.341 e. The molecule has 1 atom stereocenters. The van der Waals surface area contributed by atoms with Crippen LogP contribution < -0.4 is 10.1 Å². The summed E-state index contributed by atoms with van der Waals surface area (Å²) in [5.74, 6) is -0.660. The Morgan fingerprint density at radius 3 is 2.52 bits per heavy atom. The van der Waals surface area contributed by atoms with Gasteiger partial charge in [-0.2, -0.15) is 0 Å². The van der Waals surface area contributed by atoms with E-state index in [1.54, 1.807) is 26.0 Å². The van der Waals surface area contributed by atoms with Gasteiger partial charge in [-0.15, -0.1) is 0 Å². The molecule has 2 rings (SSSR count). The lowest BCUT2D eigenvalue weighted by atomic mass is 9.90. The molecule has 1 heterocycles. The van der Waals surface area contributed by atoms with Gasteiger partial charge in [0.25, 0.3) is 5.91 Å². The molecule has 1 fully saturated rings. The van der Waals surface area contributed by atoms with Crippen molar-refractivity contribution in [1.29, 1.82) is 0 Å². The maximum atomic E-state index is 12.3. The number of aliphatic carboxylic acids is 1. The fourth-order valence-corrected chi connectivity index (χ4v) is 2.69. The molecule has 0 bridgehead atoms. The minimum atomic E-state index is -1.03. The Balaban J connectivity index is 2.04. The number of carboxylic acids is 1. The molecule has 126 valence electrons. The maximum absolute atomic E-state index is 12.3. The summed E-state index contributed by atoms with van der Waals surface area (Å²) in [6.07, 6.45) is 0.938. The van der Waals surface area contributed by atoms with Crippen molar-refractivity contribution >= 4 is 11.9 Å². The topological polar surface area (TPSA) is 84.9 Å². The zero-order valence-corrected chi connectivity index (χ0v) is 13.8. The second-order valence-corrected chi connectivity index (χ2v) is 6.42. The molecule has 0 aliphatic carbocycles. The molecule has 0 saturated carbocycles. The van der Waals surface area contributed by atoms with Gasteiger partial charge in [-0.05, 0) is 43.5 Å². The van der Waals surface area contributed by atoms with E-state index in [0.717, 1.165) is 24.2 Å². The van der Waals surface area contributed by atoms with Crippen molar-refractivity contribution in [3.05, 3.63) is 28.8 Å². The van der Waals surface area contributed by atoms with Crippen LogP contribution in [0.3, 0.4) is 0 Å². The smallest absolute Gasteiger partial charge is 0.341 e. The number of hydrogen-bond acceptors (Lipinski definition) is 4. The third-order valence-electron chi connectivity index (χ3n) is 4.04. The van der Waals surface area contributed by atoms with Gasteiger partial charge < -0.3 is 19.9 Å². The summed E-state index contributed by atoms with van der Waals surface area (Å²) < 4.78 is 10.7. The predicted molar refractivity (Wildman–Crippen MR) is 84.9 cm³/mol. The van der Waals surface area contributed by atoms with Gasteiger partial charge in [0.05, 0.1) is 6.61 Å². The number of carbonyl (C=O) groups is 2. The molecule has 1 unspecified atom stereocenters. The number of rotatable bonds is 6. The number of amides is 1. The molecule has 6 nitrogen and oxygen atoms in total. The van der Waals surface area contributed by atoms with Crippen LogP contribution in [0.5, 0.6) is 5.75 Å². The second-order valence-electron chi connectivity index (χ2n) is 6.42. The lowest BCUT2D eigenvalue weighted by Crippen LogP contribution is -2.36. The van der Waals surface area contributed by atoms with Crippen molar-refractivity contribution in [3.63, 3.8) is 0 Å². The van der Waals surface area contributed by atoms with Crippen LogP contribution in [0.2, 0.25) is 0 Å². The number of benzene rings is 1. The Kier molecular flexibility index (Phi) is 5.26. The van der Waals surface area contributed by atoms with E-state index in [0.29, 0.717) is 24.5 Å². The van der Waals surface area contributed by atoms with Crippen LogP contribution in [0.1, 0.15) is 34.8 Å². The van der Waals surface area contributed by atoms with E-state index in [9.17, 15) is 9.59 Å². The van der Waals surface area contributed by atoms with Crippen LogP contribution in [0, 0.1) is 19.3 Å². The quantitative estimate of drug-likeness (QED) is 0.836. The molecule has 23 heavy (non-hydrogen) atoms. The van der Waals surface area contributed by atoms with E-state index in [-0.39, 0.29) is 11.3 Å². The average Bonchev–Trinajstić information content (AvgIpc) is 2.90. The molecule has 6 heteroatoms. The molecule has 1 aromatic rings. The van der Waals surface area contributed by atoms with E-state index in [4.69, 9.17) is 14.6 Å². The van der Waals surface area contributed by atoms with Gasteiger partial charge in [0.15, 0.2) is 6.61 Å². The van der Waals surface area contributed by atoms with Crippen LogP contribution >= 0.6 is 0 Å². The zero-order chi connectivity index (χ0) is 17.0. The van der Waals surface area contributed by atoms with E-state index < -0.39 is 12.6 Å². The minimum Gasteiger partial charge on any atom is -0.481 e. The van der Waals surface area contributed by atoms with Crippen LogP contribution in [0.4, 0.5) is 0 Å². The first-order chi connectivity index (χ1) is 10.8. The standard InChI is InChI=1S/C17H23NO5/c1-11-6-13(7-12(2)15(11)23-8-14(19)20)16(21)18-9-17(3)4-5-22-10-17/h6-7H,4-5,8-10H2,1-3H3,(H,18,21)(H,19,20). The van der Waals surface area contributed by atoms with Crippen molar-refractivity contribution in [2.24, 2.45) is 5.41 Å². The van der Waals surface area contributed by atoms with Gasteiger partial charge in [0.1, 0.15) is 5.75 Å².